The van der Waals surface area contributed by atoms with Gasteiger partial charge in [0.15, 0.2) is 0 Å². The van der Waals surface area contributed by atoms with E-state index in [0.29, 0.717) is 5.92 Å². The summed E-state index contributed by atoms with van der Waals surface area (Å²) in [6.07, 6.45) is 1.84. The molecule has 1 aromatic heterocycles. The molecule has 0 fully saturated rings. The van der Waals surface area contributed by atoms with E-state index < -0.39 is 0 Å². The SMILES string of the molecule is Cc1cccc(C(C)c2nc[nH]c2C(C)c2cccc(C)c2C)c1C. The number of aromatic amines is 1. The summed E-state index contributed by atoms with van der Waals surface area (Å²) < 4.78 is 0. The van der Waals surface area contributed by atoms with Crippen LogP contribution in [0.1, 0.15) is 70.5 Å². The average Bonchev–Trinajstić information content (AvgIpc) is 3.08. The number of benzene rings is 2. The van der Waals surface area contributed by atoms with Gasteiger partial charge in [-0.15, -0.1) is 0 Å². The van der Waals surface area contributed by atoms with Crippen LogP contribution in [0.5, 0.6) is 0 Å². The van der Waals surface area contributed by atoms with Gasteiger partial charge in [0.1, 0.15) is 0 Å². The predicted octanol–water partition coefficient (Wildman–Crippen LogP) is 5.95. The van der Waals surface area contributed by atoms with Crippen molar-refractivity contribution < 1.29 is 0 Å². The monoisotopic (exact) mass is 332 g/mol. The van der Waals surface area contributed by atoms with Crippen LogP contribution in [0.4, 0.5) is 0 Å². The van der Waals surface area contributed by atoms with E-state index in [9.17, 15) is 0 Å². The maximum Gasteiger partial charge on any atom is 0.0925 e. The molecule has 0 bridgehead atoms. The van der Waals surface area contributed by atoms with Crippen LogP contribution in [-0.2, 0) is 0 Å². The molecule has 0 aliphatic carbocycles. The first-order valence-corrected chi connectivity index (χ1v) is 9.07. The minimum absolute atomic E-state index is 0.272. The molecule has 2 nitrogen and oxygen atoms in total. The lowest BCUT2D eigenvalue weighted by atomic mass is 9.85. The summed E-state index contributed by atoms with van der Waals surface area (Å²) in [5.74, 6) is 0.568. The molecule has 2 aromatic carbocycles. The second kappa shape index (κ2) is 6.87. The Bertz CT molecular complexity index is 817. The topological polar surface area (TPSA) is 28.7 Å². The van der Waals surface area contributed by atoms with Crippen LogP contribution in [0, 0.1) is 27.7 Å². The van der Waals surface area contributed by atoms with Gasteiger partial charge < -0.3 is 4.98 Å². The molecule has 2 atom stereocenters. The van der Waals surface area contributed by atoms with Crippen molar-refractivity contribution in [1.82, 2.24) is 9.97 Å². The van der Waals surface area contributed by atoms with Gasteiger partial charge in [-0.2, -0.15) is 0 Å². The molecule has 0 spiro atoms. The van der Waals surface area contributed by atoms with Gasteiger partial charge >= 0.3 is 0 Å². The molecule has 0 radical (unpaired) electrons. The zero-order chi connectivity index (χ0) is 18.1. The van der Waals surface area contributed by atoms with E-state index in [4.69, 9.17) is 4.98 Å². The van der Waals surface area contributed by atoms with E-state index >= 15 is 0 Å². The first-order valence-electron chi connectivity index (χ1n) is 9.07. The Kier molecular flexibility index (Phi) is 4.80. The van der Waals surface area contributed by atoms with Crippen LogP contribution in [0.3, 0.4) is 0 Å². The number of H-pyrrole nitrogens is 1. The largest absolute Gasteiger partial charge is 0.348 e. The van der Waals surface area contributed by atoms with Crippen molar-refractivity contribution in [3.05, 3.63) is 87.5 Å². The summed E-state index contributed by atoms with van der Waals surface area (Å²) >= 11 is 0. The summed E-state index contributed by atoms with van der Waals surface area (Å²) in [4.78, 5) is 8.13. The summed E-state index contributed by atoms with van der Waals surface area (Å²) in [6, 6.07) is 13.1. The number of hydrogen-bond donors (Lipinski definition) is 1. The smallest absolute Gasteiger partial charge is 0.0925 e. The lowest BCUT2D eigenvalue weighted by molar-refractivity contribution is 0.798. The van der Waals surface area contributed by atoms with Gasteiger partial charge in [0.2, 0.25) is 0 Å². The summed E-state index contributed by atoms with van der Waals surface area (Å²) in [5, 5.41) is 0. The molecule has 0 amide bonds. The zero-order valence-corrected chi connectivity index (χ0v) is 16.1. The molecule has 0 aliphatic rings. The molecule has 130 valence electrons. The standard InChI is InChI=1S/C23H28N2/c1-14-9-7-11-20(16(14)3)18(5)22-23(25-13-24-22)19(6)21-12-8-10-15(2)17(21)4/h7-13,18-19H,1-6H3,(H,24,25). The van der Waals surface area contributed by atoms with Crippen molar-refractivity contribution >= 4 is 0 Å². The molecule has 0 aliphatic heterocycles. The summed E-state index contributed by atoms with van der Waals surface area (Å²) in [6.45, 7) is 13.3. The van der Waals surface area contributed by atoms with Crippen LogP contribution in [-0.4, -0.2) is 9.97 Å². The third kappa shape index (κ3) is 3.13. The van der Waals surface area contributed by atoms with Crippen LogP contribution in [0.2, 0.25) is 0 Å². The van der Waals surface area contributed by atoms with Crippen molar-refractivity contribution in [2.24, 2.45) is 0 Å². The number of hydrogen-bond acceptors (Lipinski definition) is 1. The van der Waals surface area contributed by atoms with E-state index in [-0.39, 0.29) is 5.92 Å². The van der Waals surface area contributed by atoms with Crippen molar-refractivity contribution in [2.75, 3.05) is 0 Å². The van der Waals surface area contributed by atoms with Crippen molar-refractivity contribution in [3.63, 3.8) is 0 Å². The first kappa shape index (κ1) is 17.5. The highest BCUT2D eigenvalue weighted by atomic mass is 14.9. The summed E-state index contributed by atoms with van der Waals surface area (Å²) in [5.41, 5.74) is 10.5. The van der Waals surface area contributed by atoms with Crippen molar-refractivity contribution in [2.45, 2.75) is 53.4 Å². The average molecular weight is 332 g/mol. The van der Waals surface area contributed by atoms with Gasteiger partial charge in [-0.05, 0) is 61.1 Å². The number of nitrogens with one attached hydrogen (secondary N) is 1. The Labute approximate surface area is 151 Å². The predicted molar refractivity (Wildman–Crippen MR) is 105 cm³/mol. The lowest BCUT2D eigenvalue weighted by Crippen LogP contribution is -2.08. The van der Waals surface area contributed by atoms with E-state index in [1.54, 1.807) is 0 Å². The summed E-state index contributed by atoms with van der Waals surface area (Å²) in [7, 11) is 0. The van der Waals surface area contributed by atoms with Gasteiger partial charge in [-0.3, -0.25) is 0 Å². The molecule has 1 heterocycles. The Morgan fingerprint density at radius 2 is 1.28 bits per heavy atom. The normalized spacial score (nSPS) is 13.7. The van der Waals surface area contributed by atoms with Gasteiger partial charge in [-0.1, -0.05) is 50.2 Å². The van der Waals surface area contributed by atoms with Crippen molar-refractivity contribution in [1.29, 1.82) is 0 Å². The van der Waals surface area contributed by atoms with E-state index in [0.717, 1.165) is 5.69 Å². The quantitative estimate of drug-likeness (QED) is 0.628. The van der Waals surface area contributed by atoms with Crippen LogP contribution in [0.15, 0.2) is 42.7 Å². The Balaban J connectivity index is 2.03. The fourth-order valence-corrected chi connectivity index (χ4v) is 3.80. The van der Waals surface area contributed by atoms with Gasteiger partial charge in [-0.25, -0.2) is 4.98 Å². The molecular formula is C23H28N2. The minimum Gasteiger partial charge on any atom is -0.348 e. The Morgan fingerprint density at radius 3 is 1.84 bits per heavy atom. The molecule has 3 aromatic rings. The molecule has 2 heteroatoms. The fourth-order valence-electron chi connectivity index (χ4n) is 3.80. The van der Waals surface area contributed by atoms with Gasteiger partial charge in [0.25, 0.3) is 0 Å². The van der Waals surface area contributed by atoms with Crippen molar-refractivity contribution in [3.8, 4) is 0 Å². The third-order valence-electron chi connectivity index (χ3n) is 5.77. The second-order valence-electron chi connectivity index (χ2n) is 7.22. The number of nitrogens with zero attached hydrogens (tertiary/aromatic N) is 1. The number of rotatable bonds is 4. The molecule has 1 N–H and O–H groups in total. The molecule has 2 unspecified atom stereocenters. The highest BCUT2D eigenvalue weighted by molar-refractivity contribution is 5.44. The van der Waals surface area contributed by atoms with Crippen LogP contribution in [0.25, 0.3) is 0 Å². The lowest BCUT2D eigenvalue weighted by Gasteiger charge is -2.20. The van der Waals surface area contributed by atoms with Gasteiger partial charge in [0, 0.05) is 17.5 Å². The first-order chi connectivity index (χ1) is 11.9. The number of aryl methyl sites for hydroxylation is 2. The fraction of sp³-hybridized carbons (Fsp3) is 0.348. The van der Waals surface area contributed by atoms with E-state index in [2.05, 4.69) is 82.9 Å². The Morgan fingerprint density at radius 1 is 0.760 bits per heavy atom. The maximum absolute atomic E-state index is 4.71. The zero-order valence-electron chi connectivity index (χ0n) is 16.1. The van der Waals surface area contributed by atoms with E-state index in [1.165, 1.54) is 39.1 Å². The molecule has 0 saturated carbocycles. The minimum atomic E-state index is 0.272. The molecule has 25 heavy (non-hydrogen) atoms. The molecule has 3 rings (SSSR count). The highest BCUT2D eigenvalue weighted by Gasteiger charge is 2.23. The third-order valence-corrected chi connectivity index (χ3v) is 5.77. The maximum atomic E-state index is 4.71. The highest BCUT2D eigenvalue weighted by Crippen LogP contribution is 2.34. The number of imidazole rings is 1. The van der Waals surface area contributed by atoms with Crippen LogP contribution >= 0.6 is 0 Å². The van der Waals surface area contributed by atoms with Crippen LogP contribution < -0.4 is 0 Å². The van der Waals surface area contributed by atoms with Gasteiger partial charge in [0.05, 0.1) is 12.0 Å². The number of aromatic nitrogens is 2. The second-order valence-corrected chi connectivity index (χ2v) is 7.22. The molecular weight excluding hydrogens is 304 g/mol. The molecule has 0 saturated heterocycles. The Hall–Kier alpha value is -2.35. The van der Waals surface area contributed by atoms with E-state index in [1.807, 2.05) is 6.33 Å².